The van der Waals surface area contributed by atoms with Crippen LogP contribution in [0.5, 0.6) is 5.75 Å². The van der Waals surface area contributed by atoms with Crippen molar-refractivity contribution in [2.24, 2.45) is 5.73 Å². The molecule has 0 radical (unpaired) electrons. The number of phenols is 1. The molecular formula is C11H15FN2O3. The average Bonchev–Trinajstić information content (AvgIpc) is 2.27. The molecule has 0 fully saturated rings. The Morgan fingerprint density at radius 1 is 1.53 bits per heavy atom. The Morgan fingerprint density at radius 2 is 2.29 bits per heavy atom. The number of halogens is 1. The minimum absolute atomic E-state index is 0.102. The molecule has 0 heterocycles. The number of carbonyl (C=O) groups is 1. The molecule has 0 aromatic heterocycles. The van der Waals surface area contributed by atoms with Crippen LogP contribution in [0, 0.1) is 5.82 Å². The van der Waals surface area contributed by atoms with Crippen molar-refractivity contribution in [1.82, 2.24) is 5.32 Å². The van der Waals surface area contributed by atoms with Gasteiger partial charge in [0.1, 0.15) is 6.61 Å². The van der Waals surface area contributed by atoms with Gasteiger partial charge < -0.3 is 20.9 Å². The normalized spacial score (nSPS) is 10.4. The maximum absolute atomic E-state index is 12.9. The first-order valence-electron chi connectivity index (χ1n) is 5.13. The SMILES string of the molecule is NC(=O)COCCNCc1ccc(O)c(F)c1. The van der Waals surface area contributed by atoms with Crippen LogP contribution >= 0.6 is 0 Å². The summed E-state index contributed by atoms with van der Waals surface area (Å²) < 4.78 is 17.9. The molecule has 0 spiro atoms. The van der Waals surface area contributed by atoms with Gasteiger partial charge >= 0.3 is 0 Å². The highest BCUT2D eigenvalue weighted by molar-refractivity contribution is 5.74. The van der Waals surface area contributed by atoms with E-state index in [4.69, 9.17) is 15.6 Å². The van der Waals surface area contributed by atoms with Crippen LogP contribution in [0.4, 0.5) is 4.39 Å². The summed E-state index contributed by atoms with van der Waals surface area (Å²) in [5, 5.41) is 12.0. The Hall–Kier alpha value is -1.66. The van der Waals surface area contributed by atoms with Crippen LogP contribution in [-0.4, -0.2) is 30.8 Å². The molecule has 4 N–H and O–H groups in total. The fourth-order valence-corrected chi connectivity index (χ4v) is 1.21. The number of aromatic hydroxyl groups is 1. The fraction of sp³-hybridized carbons (Fsp3) is 0.364. The summed E-state index contributed by atoms with van der Waals surface area (Å²) in [7, 11) is 0. The molecular weight excluding hydrogens is 227 g/mol. The molecule has 1 amide bonds. The van der Waals surface area contributed by atoms with E-state index in [-0.39, 0.29) is 12.4 Å². The molecule has 5 nitrogen and oxygen atoms in total. The Bertz CT molecular complexity index is 385. The van der Waals surface area contributed by atoms with Gasteiger partial charge in [-0.25, -0.2) is 4.39 Å². The van der Waals surface area contributed by atoms with Gasteiger partial charge in [-0.15, -0.1) is 0 Å². The van der Waals surface area contributed by atoms with Gasteiger partial charge in [-0.3, -0.25) is 4.79 Å². The topological polar surface area (TPSA) is 84.6 Å². The van der Waals surface area contributed by atoms with Gasteiger partial charge in [-0.2, -0.15) is 0 Å². The molecule has 0 saturated carbocycles. The first-order valence-corrected chi connectivity index (χ1v) is 5.13. The van der Waals surface area contributed by atoms with Crippen LogP contribution in [0.3, 0.4) is 0 Å². The Morgan fingerprint density at radius 3 is 2.94 bits per heavy atom. The zero-order valence-corrected chi connectivity index (χ0v) is 9.28. The molecule has 0 aliphatic carbocycles. The minimum atomic E-state index is -0.644. The third-order valence-electron chi connectivity index (χ3n) is 2.01. The number of hydrogen-bond donors (Lipinski definition) is 3. The minimum Gasteiger partial charge on any atom is -0.505 e. The molecule has 94 valence electrons. The molecule has 6 heteroatoms. The Labute approximate surface area is 98.4 Å². The highest BCUT2D eigenvalue weighted by atomic mass is 19.1. The zero-order chi connectivity index (χ0) is 12.7. The first-order chi connectivity index (χ1) is 8.09. The monoisotopic (exact) mass is 242 g/mol. The van der Waals surface area contributed by atoms with Crippen molar-refractivity contribution in [3.63, 3.8) is 0 Å². The highest BCUT2D eigenvalue weighted by Gasteiger charge is 2.01. The van der Waals surface area contributed by atoms with Gasteiger partial charge in [-0.1, -0.05) is 6.07 Å². The summed E-state index contributed by atoms with van der Waals surface area (Å²) in [5.74, 6) is -1.52. The van der Waals surface area contributed by atoms with E-state index < -0.39 is 11.7 Å². The number of primary amides is 1. The Kier molecular flexibility index (Phi) is 5.38. The smallest absolute Gasteiger partial charge is 0.243 e. The molecule has 0 saturated heterocycles. The zero-order valence-electron chi connectivity index (χ0n) is 9.28. The van der Waals surface area contributed by atoms with Gasteiger partial charge in [0.15, 0.2) is 11.6 Å². The summed E-state index contributed by atoms with van der Waals surface area (Å²) in [5.41, 5.74) is 5.60. The molecule has 0 atom stereocenters. The van der Waals surface area contributed by atoms with E-state index >= 15 is 0 Å². The van der Waals surface area contributed by atoms with Crippen molar-refractivity contribution in [3.8, 4) is 5.75 Å². The lowest BCUT2D eigenvalue weighted by atomic mass is 10.2. The summed E-state index contributed by atoms with van der Waals surface area (Å²) >= 11 is 0. The summed E-state index contributed by atoms with van der Waals surface area (Å²) in [6.07, 6.45) is 0. The van der Waals surface area contributed by atoms with Gasteiger partial charge in [0, 0.05) is 13.1 Å². The number of ether oxygens (including phenoxy) is 1. The van der Waals surface area contributed by atoms with Crippen LogP contribution in [0.1, 0.15) is 5.56 Å². The predicted octanol–water partition coefficient (Wildman–Crippen LogP) is 0.123. The lowest BCUT2D eigenvalue weighted by Gasteiger charge is -2.05. The summed E-state index contributed by atoms with van der Waals surface area (Å²) in [6.45, 7) is 1.23. The second kappa shape index (κ2) is 6.82. The third-order valence-corrected chi connectivity index (χ3v) is 2.01. The number of phenolic OH excluding ortho intramolecular Hbond substituents is 1. The number of nitrogens with two attached hydrogens (primary N) is 1. The molecule has 0 aliphatic rings. The quantitative estimate of drug-likeness (QED) is 0.593. The van der Waals surface area contributed by atoms with Gasteiger partial charge in [0.25, 0.3) is 0 Å². The van der Waals surface area contributed by atoms with E-state index in [1.807, 2.05) is 0 Å². The lowest BCUT2D eigenvalue weighted by Crippen LogP contribution is -2.23. The Balaban J connectivity index is 2.18. The number of benzene rings is 1. The predicted molar refractivity (Wildman–Crippen MR) is 59.8 cm³/mol. The van der Waals surface area contributed by atoms with E-state index in [1.165, 1.54) is 12.1 Å². The third kappa shape index (κ3) is 5.28. The molecule has 0 unspecified atom stereocenters. The molecule has 1 aromatic rings. The van der Waals surface area contributed by atoms with E-state index in [2.05, 4.69) is 5.32 Å². The average molecular weight is 242 g/mol. The molecule has 1 aromatic carbocycles. The maximum atomic E-state index is 12.9. The highest BCUT2D eigenvalue weighted by Crippen LogP contribution is 2.15. The molecule has 17 heavy (non-hydrogen) atoms. The van der Waals surface area contributed by atoms with Gasteiger partial charge in [-0.05, 0) is 17.7 Å². The van der Waals surface area contributed by atoms with Crippen LogP contribution < -0.4 is 11.1 Å². The van der Waals surface area contributed by atoms with Crippen molar-refractivity contribution in [3.05, 3.63) is 29.6 Å². The van der Waals surface area contributed by atoms with Crippen molar-refractivity contribution >= 4 is 5.91 Å². The number of amides is 1. The largest absolute Gasteiger partial charge is 0.505 e. The van der Waals surface area contributed by atoms with E-state index in [1.54, 1.807) is 6.07 Å². The number of hydrogen-bond acceptors (Lipinski definition) is 4. The number of rotatable bonds is 7. The van der Waals surface area contributed by atoms with Crippen molar-refractivity contribution in [2.45, 2.75) is 6.54 Å². The lowest BCUT2D eigenvalue weighted by molar-refractivity contribution is -0.122. The summed E-state index contributed by atoms with van der Waals surface area (Å²) in [4.78, 5) is 10.3. The second-order valence-electron chi connectivity index (χ2n) is 3.48. The van der Waals surface area contributed by atoms with E-state index in [0.717, 1.165) is 5.56 Å². The van der Waals surface area contributed by atoms with Crippen LogP contribution in [0.25, 0.3) is 0 Å². The number of carbonyl (C=O) groups excluding carboxylic acids is 1. The first kappa shape index (κ1) is 13.4. The van der Waals surface area contributed by atoms with Crippen molar-refractivity contribution < 1.29 is 19.0 Å². The van der Waals surface area contributed by atoms with Gasteiger partial charge in [0.05, 0.1) is 6.61 Å². The van der Waals surface area contributed by atoms with E-state index in [9.17, 15) is 9.18 Å². The van der Waals surface area contributed by atoms with Crippen molar-refractivity contribution in [1.29, 1.82) is 0 Å². The van der Waals surface area contributed by atoms with E-state index in [0.29, 0.717) is 19.7 Å². The molecule has 1 rings (SSSR count). The molecule has 0 aliphatic heterocycles. The van der Waals surface area contributed by atoms with Gasteiger partial charge in [0.2, 0.25) is 5.91 Å². The fourth-order valence-electron chi connectivity index (χ4n) is 1.21. The van der Waals surface area contributed by atoms with Crippen molar-refractivity contribution in [2.75, 3.05) is 19.8 Å². The molecule has 0 bridgehead atoms. The van der Waals surface area contributed by atoms with Crippen LogP contribution in [-0.2, 0) is 16.1 Å². The summed E-state index contributed by atoms with van der Waals surface area (Å²) in [6, 6.07) is 4.18. The van der Waals surface area contributed by atoms with Crippen LogP contribution in [0.2, 0.25) is 0 Å². The second-order valence-corrected chi connectivity index (χ2v) is 3.48. The standard InChI is InChI=1S/C11H15FN2O3/c12-9-5-8(1-2-10(9)15)6-14-3-4-17-7-11(13)16/h1-2,5,14-15H,3-4,6-7H2,(H2,13,16). The maximum Gasteiger partial charge on any atom is 0.243 e. The van der Waals surface area contributed by atoms with Crippen LogP contribution in [0.15, 0.2) is 18.2 Å². The number of nitrogens with one attached hydrogen (secondary N) is 1.